The number of fused-ring (bicyclic) bond motifs is 1. The van der Waals surface area contributed by atoms with E-state index in [0.29, 0.717) is 18.2 Å². The molecule has 0 bridgehead atoms. The Morgan fingerprint density at radius 2 is 1.87 bits per heavy atom. The molecule has 0 atom stereocenters. The van der Waals surface area contributed by atoms with Crippen LogP contribution >= 0.6 is 22.9 Å². The van der Waals surface area contributed by atoms with Gasteiger partial charge in [-0.25, -0.2) is 4.79 Å². The molecule has 1 aromatic heterocycles. The number of halogens is 1. The lowest BCUT2D eigenvalue weighted by molar-refractivity contribution is 0.0813. The molecule has 30 heavy (non-hydrogen) atoms. The summed E-state index contributed by atoms with van der Waals surface area (Å²) < 4.78 is 6.52. The van der Waals surface area contributed by atoms with E-state index in [1.54, 1.807) is 35.6 Å². The molecule has 1 saturated heterocycles. The fourth-order valence-corrected chi connectivity index (χ4v) is 4.63. The quantitative estimate of drug-likeness (QED) is 0.497. The minimum atomic E-state index is -0.447. The highest BCUT2D eigenvalue weighted by Gasteiger charge is 2.25. The number of thiophene rings is 1. The number of rotatable bonds is 6. The van der Waals surface area contributed by atoms with Crippen LogP contribution in [0.15, 0.2) is 53.9 Å². The van der Waals surface area contributed by atoms with Crippen LogP contribution in [0.5, 0.6) is 0 Å². The van der Waals surface area contributed by atoms with Crippen LogP contribution in [0.4, 0.5) is 10.5 Å². The lowest BCUT2D eigenvalue weighted by Crippen LogP contribution is -2.38. The molecule has 1 aliphatic heterocycles. The van der Waals surface area contributed by atoms with E-state index in [9.17, 15) is 9.59 Å². The minimum absolute atomic E-state index is 0.0404. The maximum absolute atomic E-state index is 12.6. The fraction of sp³-hybridized carbons (Fsp3) is 0.304. The van der Waals surface area contributed by atoms with Crippen molar-refractivity contribution >= 4 is 50.6 Å². The summed E-state index contributed by atoms with van der Waals surface area (Å²) in [5.41, 5.74) is 1.45. The molecular formula is C23H23ClN2O3S. The standard InChI is InChI=1S/C23H23ClN2O3S/c24-19-3-1-16(2-4-19)22(27)17-7-10-26(11-8-17)12-13-29-23(28)25-20-5-6-21-18(15-20)9-14-30-21/h1-6,9,14-15,17H,7-8,10-13H2,(H,25,28). The molecule has 0 saturated carbocycles. The van der Waals surface area contributed by atoms with Gasteiger partial charge in [-0.15, -0.1) is 11.3 Å². The fourth-order valence-electron chi connectivity index (χ4n) is 3.73. The Labute approximate surface area is 184 Å². The third kappa shape index (κ3) is 5.19. The first-order valence-electron chi connectivity index (χ1n) is 10.0. The number of piperidine rings is 1. The predicted molar refractivity (Wildman–Crippen MR) is 122 cm³/mol. The maximum atomic E-state index is 12.6. The van der Waals surface area contributed by atoms with Gasteiger partial charge in [0.15, 0.2) is 5.78 Å². The van der Waals surface area contributed by atoms with Crippen molar-refractivity contribution in [2.45, 2.75) is 12.8 Å². The molecule has 156 valence electrons. The number of Topliss-reactive ketones (excluding diaryl/α,β-unsaturated/α-hetero) is 1. The molecule has 0 spiro atoms. The van der Waals surface area contributed by atoms with E-state index >= 15 is 0 Å². The van der Waals surface area contributed by atoms with E-state index in [1.165, 1.54) is 4.70 Å². The van der Waals surface area contributed by atoms with Gasteiger partial charge in [0.2, 0.25) is 0 Å². The van der Waals surface area contributed by atoms with Crippen LogP contribution in [0.2, 0.25) is 5.02 Å². The molecule has 7 heteroatoms. The Balaban J connectivity index is 1.18. The number of ketones is 1. The summed E-state index contributed by atoms with van der Waals surface area (Å²) in [6.45, 7) is 2.63. The van der Waals surface area contributed by atoms with Crippen LogP contribution in [0.1, 0.15) is 23.2 Å². The van der Waals surface area contributed by atoms with Crippen molar-refractivity contribution in [3.8, 4) is 0 Å². The van der Waals surface area contributed by atoms with E-state index in [-0.39, 0.29) is 11.7 Å². The molecule has 1 amide bonds. The number of ether oxygens (including phenoxy) is 1. The van der Waals surface area contributed by atoms with Crippen molar-refractivity contribution in [2.75, 3.05) is 31.6 Å². The minimum Gasteiger partial charge on any atom is -0.448 e. The average molecular weight is 443 g/mol. The van der Waals surface area contributed by atoms with Gasteiger partial charge < -0.3 is 4.74 Å². The number of anilines is 1. The van der Waals surface area contributed by atoms with E-state index in [0.717, 1.165) is 42.6 Å². The summed E-state index contributed by atoms with van der Waals surface area (Å²) in [4.78, 5) is 26.9. The SMILES string of the molecule is O=C(Nc1ccc2sccc2c1)OCCN1CCC(C(=O)c2ccc(Cl)cc2)CC1. The Bertz CT molecular complexity index is 1030. The second kappa shape index (κ2) is 9.60. The Morgan fingerprint density at radius 1 is 1.10 bits per heavy atom. The Morgan fingerprint density at radius 3 is 2.63 bits per heavy atom. The topological polar surface area (TPSA) is 58.6 Å². The summed E-state index contributed by atoms with van der Waals surface area (Å²) in [6.07, 6.45) is 1.18. The summed E-state index contributed by atoms with van der Waals surface area (Å²) in [6, 6.07) is 14.9. The predicted octanol–water partition coefficient (Wildman–Crippen LogP) is 5.70. The molecule has 2 heterocycles. The Kier molecular flexibility index (Phi) is 6.67. The van der Waals surface area contributed by atoms with Crippen molar-refractivity contribution < 1.29 is 14.3 Å². The number of nitrogens with one attached hydrogen (secondary N) is 1. The first-order valence-corrected chi connectivity index (χ1v) is 11.3. The highest BCUT2D eigenvalue weighted by Crippen LogP contribution is 2.24. The maximum Gasteiger partial charge on any atom is 0.411 e. The van der Waals surface area contributed by atoms with Gasteiger partial charge in [0, 0.05) is 33.4 Å². The molecule has 1 aliphatic rings. The highest BCUT2D eigenvalue weighted by molar-refractivity contribution is 7.17. The molecule has 0 radical (unpaired) electrons. The lowest BCUT2D eigenvalue weighted by Gasteiger charge is -2.31. The van der Waals surface area contributed by atoms with E-state index in [1.807, 2.05) is 29.6 Å². The monoisotopic (exact) mass is 442 g/mol. The normalized spacial score (nSPS) is 15.2. The lowest BCUT2D eigenvalue weighted by atomic mass is 9.89. The van der Waals surface area contributed by atoms with Gasteiger partial charge in [-0.3, -0.25) is 15.0 Å². The van der Waals surface area contributed by atoms with Crippen LogP contribution < -0.4 is 5.32 Å². The van der Waals surface area contributed by atoms with E-state index in [2.05, 4.69) is 10.2 Å². The molecular weight excluding hydrogens is 420 g/mol. The molecule has 3 aromatic rings. The third-order valence-corrected chi connectivity index (χ3v) is 6.58. The number of hydrogen-bond donors (Lipinski definition) is 1. The number of hydrogen-bond acceptors (Lipinski definition) is 5. The Hall–Kier alpha value is -2.41. The third-order valence-electron chi connectivity index (χ3n) is 5.43. The summed E-state index contributed by atoms with van der Waals surface area (Å²) in [5.74, 6) is 0.225. The first kappa shape index (κ1) is 20.8. The van der Waals surface area contributed by atoms with Crippen molar-refractivity contribution in [3.63, 3.8) is 0 Å². The summed E-state index contributed by atoms with van der Waals surface area (Å²) >= 11 is 7.57. The van der Waals surface area contributed by atoms with Crippen LogP contribution in [-0.2, 0) is 4.74 Å². The molecule has 5 nitrogen and oxygen atoms in total. The van der Waals surface area contributed by atoms with Crippen LogP contribution in [0.3, 0.4) is 0 Å². The van der Waals surface area contributed by atoms with Gasteiger partial charge in [-0.2, -0.15) is 0 Å². The molecule has 1 N–H and O–H groups in total. The zero-order chi connectivity index (χ0) is 20.9. The number of amides is 1. The van der Waals surface area contributed by atoms with Gasteiger partial charge in [0.25, 0.3) is 0 Å². The van der Waals surface area contributed by atoms with Crippen molar-refractivity contribution in [1.29, 1.82) is 0 Å². The smallest absolute Gasteiger partial charge is 0.411 e. The zero-order valence-electron chi connectivity index (χ0n) is 16.5. The van der Waals surface area contributed by atoms with Crippen molar-refractivity contribution in [1.82, 2.24) is 4.90 Å². The van der Waals surface area contributed by atoms with Crippen molar-refractivity contribution in [2.24, 2.45) is 5.92 Å². The molecule has 1 fully saturated rings. The number of nitrogens with zero attached hydrogens (tertiary/aromatic N) is 1. The largest absolute Gasteiger partial charge is 0.448 e. The van der Waals surface area contributed by atoms with Crippen LogP contribution in [-0.4, -0.2) is 43.0 Å². The number of carbonyl (C=O) groups is 2. The molecule has 2 aromatic carbocycles. The molecule has 0 unspecified atom stereocenters. The van der Waals surface area contributed by atoms with Gasteiger partial charge in [-0.05, 0) is 85.2 Å². The first-order chi connectivity index (χ1) is 14.6. The van der Waals surface area contributed by atoms with Crippen LogP contribution in [0.25, 0.3) is 10.1 Å². The number of carbonyl (C=O) groups excluding carboxylic acids is 2. The van der Waals surface area contributed by atoms with Gasteiger partial charge in [-0.1, -0.05) is 11.6 Å². The summed E-state index contributed by atoms with van der Waals surface area (Å²) in [5, 5.41) is 6.55. The zero-order valence-corrected chi connectivity index (χ0v) is 18.0. The average Bonchev–Trinajstić information content (AvgIpc) is 3.22. The number of likely N-dealkylation sites (tertiary alicyclic amines) is 1. The second-order valence-electron chi connectivity index (χ2n) is 7.42. The van der Waals surface area contributed by atoms with Crippen LogP contribution in [0, 0.1) is 5.92 Å². The van der Waals surface area contributed by atoms with Gasteiger partial charge in [0.1, 0.15) is 6.61 Å². The second-order valence-corrected chi connectivity index (χ2v) is 8.81. The van der Waals surface area contributed by atoms with E-state index in [4.69, 9.17) is 16.3 Å². The van der Waals surface area contributed by atoms with Gasteiger partial charge >= 0.3 is 6.09 Å². The number of benzene rings is 2. The highest BCUT2D eigenvalue weighted by atomic mass is 35.5. The van der Waals surface area contributed by atoms with Crippen molar-refractivity contribution in [3.05, 3.63) is 64.5 Å². The molecule has 4 rings (SSSR count). The summed E-state index contributed by atoms with van der Waals surface area (Å²) in [7, 11) is 0. The van der Waals surface area contributed by atoms with E-state index < -0.39 is 6.09 Å². The molecule has 0 aliphatic carbocycles. The van der Waals surface area contributed by atoms with Gasteiger partial charge in [0.05, 0.1) is 0 Å².